The predicted molar refractivity (Wildman–Crippen MR) is 112 cm³/mol. The SMILES string of the molecule is CCCCCCn1c(S[C@@H](C(=O)NC(N)=O)C(C)C)nc2ccccc2c1=O. The van der Waals surface area contributed by atoms with E-state index in [4.69, 9.17) is 5.73 Å². The number of nitrogens with zero attached hydrogens (tertiary/aromatic N) is 2. The molecule has 1 heterocycles. The Morgan fingerprint density at radius 1 is 1.21 bits per heavy atom. The van der Waals surface area contributed by atoms with Crippen molar-refractivity contribution < 1.29 is 9.59 Å². The fraction of sp³-hybridized carbons (Fsp3) is 0.500. The van der Waals surface area contributed by atoms with Gasteiger partial charge in [-0.15, -0.1) is 0 Å². The van der Waals surface area contributed by atoms with Crippen molar-refractivity contribution in [2.24, 2.45) is 11.7 Å². The summed E-state index contributed by atoms with van der Waals surface area (Å²) in [5.74, 6) is -0.561. The Labute approximate surface area is 169 Å². The number of thioether (sulfide) groups is 1. The molecule has 0 bridgehead atoms. The van der Waals surface area contributed by atoms with E-state index >= 15 is 0 Å². The smallest absolute Gasteiger partial charge is 0.318 e. The molecule has 1 atom stereocenters. The number of fused-ring (bicyclic) bond motifs is 1. The summed E-state index contributed by atoms with van der Waals surface area (Å²) in [6.07, 6.45) is 4.10. The molecule has 0 radical (unpaired) electrons. The summed E-state index contributed by atoms with van der Waals surface area (Å²) >= 11 is 1.20. The molecule has 28 heavy (non-hydrogen) atoms. The summed E-state index contributed by atoms with van der Waals surface area (Å²) in [5.41, 5.74) is 5.58. The quantitative estimate of drug-likeness (QED) is 0.379. The number of para-hydroxylation sites is 1. The third-order valence-electron chi connectivity index (χ3n) is 4.40. The highest BCUT2D eigenvalue weighted by Gasteiger charge is 2.27. The van der Waals surface area contributed by atoms with E-state index in [0.717, 1.165) is 25.7 Å². The number of aromatic nitrogens is 2. The van der Waals surface area contributed by atoms with Gasteiger partial charge in [0.1, 0.15) is 0 Å². The van der Waals surface area contributed by atoms with Gasteiger partial charge in [0.25, 0.3) is 5.56 Å². The van der Waals surface area contributed by atoms with Gasteiger partial charge in [0.2, 0.25) is 5.91 Å². The monoisotopic (exact) mass is 404 g/mol. The summed E-state index contributed by atoms with van der Waals surface area (Å²) < 4.78 is 1.65. The molecule has 8 heteroatoms. The number of primary amides is 1. The van der Waals surface area contributed by atoms with E-state index in [9.17, 15) is 14.4 Å². The number of nitrogens with one attached hydrogen (secondary N) is 1. The number of nitrogens with two attached hydrogens (primary N) is 1. The van der Waals surface area contributed by atoms with E-state index in [-0.39, 0.29) is 11.5 Å². The van der Waals surface area contributed by atoms with E-state index in [0.29, 0.717) is 22.6 Å². The lowest BCUT2D eigenvalue weighted by atomic mass is 10.1. The molecular formula is C20H28N4O3S. The maximum Gasteiger partial charge on any atom is 0.318 e. The van der Waals surface area contributed by atoms with Crippen LogP contribution in [0.2, 0.25) is 0 Å². The zero-order valence-electron chi connectivity index (χ0n) is 16.6. The molecular weight excluding hydrogens is 376 g/mol. The molecule has 3 amide bonds. The maximum absolute atomic E-state index is 13.0. The van der Waals surface area contributed by atoms with Gasteiger partial charge in [-0.2, -0.15) is 0 Å². The van der Waals surface area contributed by atoms with Crippen molar-refractivity contribution in [2.75, 3.05) is 0 Å². The lowest BCUT2D eigenvalue weighted by molar-refractivity contribution is -0.120. The number of unbranched alkanes of at least 4 members (excludes halogenated alkanes) is 3. The van der Waals surface area contributed by atoms with Gasteiger partial charge in [0, 0.05) is 6.54 Å². The minimum absolute atomic E-state index is 0.0822. The summed E-state index contributed by atoms with van der Waals surface area (Å²) in [6, 6.07) is 6.31. The molecule has 2 aromatic rings. The minimum Gasteiger partial charge on any atom is -0.351 e. The van der Waals surface area contributed by atoms with Crippen LogP contribution in [0.5, 0.6) is 0 Å². The van der Waals surface area contributed by atoms with Gasteiger partial charge in [-0.05, 0) is 24.5 Å². The molecule has 0 spiro atoms. The van der Waals surface area contributed by atoms with Gasteiger partial charge in [0.05, 0.1) is 16.2 Å². The zero-order chi connectivity index (χ0) is 20.7. The second kappa shape index (κ2) is 10.3. The molecule has 0 aliphatic carbocycles. The molecule has 0 unspecified atom stereocenters. The Bertz CT molecular complexity index is 895. The van der Waals surface area contributed by atoms with Crippen LogP contribution in [0.3, 0.4) is 0 Å². The Balaban J connectivity index is 2.42. The second-order valence-electron chi connectivity index (χ2n) is 7.06. The third-order valence-corrected chi connectivity index (χ3v) is 5.94. The number of urea groups is 1. The van der Waals surface area contributed by atoms with Crippen molar-refractivity contribution in [2.45, 2.75) is 63.4 Å². The molecule has 0 aliphatic heterocycles. The fourth-order valence-corrected chi connectivity index (χ4v) is 4.05. The van der Waals surface area contributed by atoms with Crippen molar-refractivity contribution in [3.63, 3.8) is 0 Å². The summed E-state index contributed by atoms with van der Waals surface area (Å²) in [5, 5.41) is 2.59. The largest absolute Gasteiger partial charge is 0.351 e. The molecule has 1 aromatic carbocycles. The van der Waals surface area contributed by atoms with E-state index in [1.807, 2.05) is 26.0 Å². The molecule has 2 rings (SSSR count). The van der Waals surface area contributed by atoms with Gasteiger partial charge < -0.3 is 5.73 Å². The fourth-order valence-electron chi connectivity index (χ4n) is 2.93. The zero-order valence-corrected chi connectivity index (χ0v) is 17.4. The summed E-state index contributed by atoms with van der Waals surface area (Å²) in [7, 11) is 0. The van der Waals surface area contributed by atoms with Crippen LogP contribution in [0.25, 0.3) is 10.9 Å². The highest BCUT2D eigenvalue weighted by atomic mass is 32.2. The molecule has 0 aliphatic rings. The van der Waals surface area contributed by atoms with Crippen molar-refractivity contribution in [3.8, 4) is 0 Å². The standard InChI is InChI=1S/C20H28N4O3S/c1-4-5-6-9-12-24-18(26)14-10-7-8-11-15(14)22-20(24)28-16(13(2)3)17(25)23-19(21)27/h7-8,10-11,13,16H,4-6,9,12H2,1-3H3,(H3,21,23,25,27)/t16-/m1/s1. The van der Waals surface area contributed by atoms with Gasteiger partial charge >= 0.3 is 6.03 Å². The van der Waals surface area contributed by atoms with E-state index in [1.165, 1.54) is 11.8 Å². The first-order valence-electron chi connectivity index (χ1n) is 9.61. The van der Waals surface area contributed by atoms with Crippen LogP contribution >= 0.6 is 11.8 Å². The first-order chi connectivity index (χ1) is 13.3. The Kier molecular flexibility index (Phi) is 8.04. The molecule has 1 aromatic heterocycles. The first kappa shape index (κ1) is 21.9. The van der Waals surface area contributed by atoms with Crippen LogP contribution in [0.15, 0.2) is 34.2 Å². The van der Waals surface area contributed by atoms with Gasteiger partial charge in [-0.25, -0.2) is 9.78 Å². The molecule has 0 fully saturated rings. The summed E-state index contributed by atoms with van der Waals surface area (Å²) in [6.45, 7) is 6.43. The first-order valence-corrected chi connectivity index (χ1v) is 10.5. The van der Waals surface area contributed by atoms with E-state index in [1.54, 1.807) is 16.7 Å². The number of imide groups is 1. The van der Waals surface area contributed by atoms with Crippen LogP contribution in [-0.2, 0) is 11.3 Å². The third kappa shape index (κ3) is 5.58. The number of carbonyl (C=O) groups is 2. The van der Waals surface area contributed by atoms with Crippen LogP contribution in [0, 0.1) is 5.92 Å². The Hall–Kier alpha value is -2.35. The van der Waals surface area contributed by atoms with Crippen molar-refractivity contribution in [3.05, 3.63) is 34.6 Å². The minimum atomic E-state index is -0.889. The highest BCUT2D eigenvalue weighted by Crippen LogP contribution is 2.28. The maximum atomic E-state index is 13.0. The number of hydrogen-bond acceptors (Lipinski definition) is 5. The Morgan fingerprint density at radius 3 is 2.57 bits per heavy atom. The molecule has 3 N–H and O–H groups in total. The van der Waals surface area contributed by atoms with Crippen LogP contribution in [0.1, 0.15) is 46.5 Å². The van der Waals surface area contributed by atoms with E-state index in [2.05, 4.69) is 17.2 Å². The van der Waals surface area contributed by atoms with Crippen molar-refractivity contribution >= 4 is 34.6 Å². The van der Waals surface area contributed by atoms with Crippen LogP contribution < -0.4 is 16.6 Å². The van der Waals surface area contributed by atoms with E-state index < -0.39 is 17.2 Å². The van der Waals surface area contributed by atoms with Crippen LogP contribution in [-0.4, -0.2) is 26.7 Å². The lowest BCUT2D eigenvalue weighted by Crippen LogP contribution is -2.42. The lowest BCUT2D eigenvalue weighted by Gasteiger charge is -2.21. The topological polar surface area (TPSA) is 107 Å². The van der Waals surface area contributed by atoms with Gasteiger partial charge in [-0.3, -0.25) is 19.5 Å². The molecule has 7 nitrogen and oxygen atoms in total. The molecule has 0 saturated carbocycles. The number of amides is 3. The summed E-state index contributed by atoms with van der Waals surface area (Å²) in [4.78, 5) is 41.2. The predicted octanol–water partition coefficient (Wildman–Crippen LogP) is 3.29. The number of hydrogen-bond donors (Lipinski definition) is 2. The second-order valence-corrected chi connectivity index (χ2v) is 8.17. The van der Waals surface area contributed by atoms with Crippen LogP contribution in [0.4, 0.5) is 4.79 Å². The average molecular weight is 405 g/mol. The number of rotatable bonds is 9. The Morgan fingerprint density at radius 2 is 1.93 bits per heavy atom. The van der Waals surface area contributed by atoms with Crippen molar-refractivity contribution in [1.82, 2.24) is 14.9 Å². The van der Waals surface area contributed by atoms with Gasteiger partial charge in [0.15, 0.2) is 5.16 Å². The number of benzene rings is 1. The molecule has 0 saturated heterocycles. The average Bonchev–Trinajstić information content (AvgIpc) is 2.64. The van der Waals surface area contributed by atoms with Crippen molar-refractivity contribution in [1.29, 1.82) is 0 Å². The molecule has 152 valence electrons. The highest BCUT2D eigenvalue weighted by molar-refractivity contribution is 8.00. The normalized spacial score (nSPS) is 12.3. The van der Waals surface area contributed by atoms with Gasteiger partial charge in [-0.1, -0.05) is 63.9 Å². The number of carbonyl (C=O) groups excluding carboxylic acids is 2.